The molecule has 0 spiro atoms. The summed E-state index contributed by atoms with van der Waals surface area (Å²) >= 11 is 7.56. The number of halogens is 1. The van der Waals surface area contributed by atoms with Crippen LogP contribution in [0, 0.1) is 0 Å². The molecule has 0 aliphatic heterocycles. The van der Waals surface area contributed by atoms with Gasteiger partial charge in [0.15, 0.2) is 0 Å². The summed E-state index contributed by atoms with van der Waals surface area (Å²) in [5.41, 5.74) is 2.10. The Morgan fingerprint density at radius 2 is 2.15 bits per heavy atom. The second kappa shape index (κ2) is 6.77. The van der Waals surface area contributed by atoms with Gasteiger partial charge in [0.05, 0.1) is 0 Å². The highest BCUT2D eigenvalue weighted by Crippen LogP contribution is 2.20. The van der Waals surface area contributed by atoms with E-state index in [9.17, 15) is 4.79 Å². The molecule has 104 valence electrons. The fraction of sp³-hybridized carbons (Fsp3) is 0.200. The minimum absolute atomic E-state index is 0.178. The summed E-state index contributed by atoms with van der Waals surface area (Å²) < 4.78 is 0. The van der Waals surface area contributed by atoms with Gasteiger partial charge in [0.25, 0.3) is 5.91 Å². The number of benzene rings is 1. The largest absolute Gasteiger partial charge is 0.322 e. The quantitative estimate of drug-likeness (QED) is 0.677. The first kappa shape index (κ1) is 14.9. The normalized spacial score (nSPS) is 10.3. The molecule has 0 saturated heterocycles. The van der Waals surface area contributed by atoms with Crippen molar-refractivity contribution in [1.82, 2.24) is 4.98 Å². The summed E-state index contributed by atoms with van der Waals surface area (Å²) in [6, 6.07) is 11.1. The topological polar surface area (TPSA) is 42.0 Å². The molecule has 0 aliphatic rings. The molecule has 2 rings (SSSR count). The number of anilines is 1. The lowest BCUT2D eigenvalue weighted by Gasteiger charge is -2.08. The van der Waals surface area contributed by atoms with Gasteiger partial charge >= 0.3 is 0 Å². The van der Waals surface area contributed by atoms with E-state index < -0.39 is 0 Å². The summed E-state index contributed by atoms with van der Waals surface area (Å²) in [6.07, 6.45) is 2.74. The van der Waals surface area contributed by atoms with Crippen LogP contribution in [0.1, 0.15) is 23.0 Å². The van der Waals surface area contributed by atoms with Crippen molar-refractivity contribution >= 4 is 35.0 Å². The molecule has 0 bridgehead atoms. The Bertz CT molecular complexity index is 631. The number of nitrogens with one attached hydrogen (secondary N) is 1. The highest BCUT2D eigenvalue weighted by molar-refractivity contribution is 7.98. The average molecular weight is 307 g/mol. The Balaban J connectivity index is 2.21. The number of hydrogen-bond donors (Lipinski definition) is 1. The van der Waals surface area contributed by atoms with Crippen LogP contribution < -0.4 is 5.32 Å². The van der Waals surface area contributed by atoms with Crippen LogP contribution in [-0.4, -0.2) is 17.1 Å². The van der Waals surface area contributed by atoms with Gasteiger partial charge in [0, 0.05) is 21.8 Å². The van der Waals surface area contributed by atoms with Crippen molar-refractivity contribution in [2.45, 2.75) is 18.2 Å². The molecular formula is C15H15ClN2OS. The monoisotopic (exact) mass is 306 g/mol. The molecule has 0 aliphatic carbocycles. The molecule has 1 amide bonds. The number of carbonyl (C=O) groups excluding carboxylic acids is 1. The van der Waals surface area contributed by atoms with Crippen molar-refractivity contribution in [3.8, 4) is 0 Å². The second-order valence-electron chi connectivity index (χ2n) is 4.21. The van der Waals surface area contributed by atoms with Gasteiger partial charge in [0.2, 0.25) is 0 Å². The number of aryl methyl sites for hydroxylation is 1. The third kappa shape index (κ3) is 3.74. The van der Waals surface area contributed by atoms with Crippen LogP contribution in [0.4, 0.5) is 5.69 Å². The zero-order chi connectivity index (χ0) is 14.5. The van der Waals surface area contributed by atoms with Gasteiger partial charge in [-0.15, -0.1) is 11.8 Å². The standard InChI is InChI=1S/C15H15ClN2OS/c1-3-11-7-10(8-14(16)17-11)15(19)18-12-5-4-6-13(9-12)20-2/h4-9H,3H2,1-2H3,(H,18,19). The fourth-order valence-electron chi connectivity index (χ4n) is 1.77. The number of thioether (sulfide) groups is 1. The molecule has 0 radical (unpaired) electrons. The smallest absolute Gasteiger partial charge is 0.255 e. The van der Waals surface area contributed by atoms with Crippen LogP contribution in [0.2, 0.25) is 5.15 Å². The molecule has 1 N–H and O–H groups in total. The molecule has 20 heavy (non-hydrogen) atoms. The van der Waals surface area contributed by atoms with Crippen molar-refractivity contribution < 1.29 is 4.79 Å². The Morgan fingerprint density at radius 1 is 1.35 bits per heavy atom. The predicted molar refractivity (Wildman–Crippen MR) is 84.8 cm³/mol. The van der Waals surface area contributed by atoms with Gasteiger partial charge < -0.3 is 5.32 Å². The highest BCUT2D eigenvalue weighted by Gasteiger charge is 2.09. The van der Waals surface area contributed by atoms with Gasteiger partial charge in [-0.2, -0.15) is 0 Å². The maximum Gasteiger partial charge on any atom is 0.255 e. The van der Waals surface area contributed by atoms with E-state index in [-0.39, 0.29) is 5.91 Å². The summed E-state index contributed by atoms with van der Waals surface area (Å²) in [5.74, 6) is -0.178. The maximum atomic E-state index is 12.2. The van der Waals surface area contributed by atoms with Crippen molar-refractivity contribution in [1.29, 1.82) is 0 Å². The Labute approximate surface area is 127 Å². The van der Waals surface area contributed by atoms with E-state index in [2.05, 4.69) is 10.3 Å². The number of rotatable bonds is 4. The van der Waals surface area contributed by atoms with Crippen LogP contribution in [0.3, 0.4) is 0 Å². The first-order valence-corrected chi connectivity index (χ1v) is 7.84. The number of pyridine rings is 1. The molecule has 3 nitrogen and oxygen atoms in total. The van der Waals surface area contributed by atoms with E-state index >= 15 is 0 Å². The molecule has 1 aromatic carbocycles. The van der Waals surface area contributed by atoms with Gasteiger partial charge in [-0.05, 0) is 43.0 Å². The number of amides is 1. The third-order valence-corrected chi connectivity index (χ3v) is 3.72. The van der Waals surface area contributed by atoms with E-state index in [0.717, 1.165) is 22.7 Å². The fourth-order valence-corrected chi connectivity index (χ4v) is 2.45. The SMILES string of the molecule is CCc1cc(C(=O)Nc2cccc(SC)c2)cc(Cl)n1. The van der Waals surface area contributed by atoms with Crippen LogP contribution in [-0.2, 0) is 6.42 Å². The lowest BCUT2D eigenvalue weighted by molar-refractivity contribution is 0.102. The molecule has 1 heterocycles. The number of aromatic nitrogens is 1. The lowest BCUT2D eigenvalue weighted by Crippen LogP contribution is -2.12. The Hall–Kier alpha value is -1.52. The van der Waals surface area contributed by atoms with Gasteiger partial charge in [-0.3, -0.25) is 4.79 Å². The van der Waals surface area contributed by atoms with Crippen molar-refractivity contribution in [3.63, 3.8) is 0 Å². The summed E-state index contributed by atoms with van der Waals surface area (Å²) in [6.45, 7) is 1.97. The van der Waals surface area contributed by atoms with Gasteiger partial charge in [-0.25, -0.2) is 4.98 Å². The molecule has 5 heteroatoms. The molecule has 2 aromatic rings. The Morgan fingerprint density at radius 3 is 2.85 bits per heavy atom. The van der Waals surface area contributed by atoms with Crippen molar-refractivity contribution in [3.05, 3.63) is 52.8 Å². The number of nitrogens with zero attached hydrogens (tertiary/aromatic N) is 1. The molecule has 0 saturated carbocycles. The first-order chi connectivity index (χ1) is 9.62. The summed E-state index contributed by atoms with van der Waals surface area (Å²) in [4.78, 5) is 17.5. The zero-order valence-corrected chi connectivity index (χ0v) is 12.9. The minimum atomic E-state index is -0.178. The minimum Gasteiger partial charge on any atom is -0.322 e. The molecule has 0 fully saturated rings. The van der Waals surface area contributed by atoms with Crippen LogP contribution in [0.5, 0.6) is 0 Å². The molecule has 1 aromatic heterocycles. The van der Waals surface area contributed by atoms with Gasteiger partial charge in [-0.1, -0.05) is 24.6 Å². The predicted octanol–water partition coefficient (Wildman–Crippen LogP) is 4.27. The third-order valence-electron chi connectivity index (χ3n) is 2.80. The Kier molecular flexibility index (Phi) is 5.04. The molecule has 0 atom stereocenters. The van der Waals surface area contributed by atoms with E-state index in [1.54, 1.807) is 23.9 Å². The molecule has 0 unspecified atom stereocenters. The summed E-state index contributed by atoms with van der Waals surface area (Å²) in [5, 5.41) is 3.21. The maximum absolute atomic E-state index is 12.2. The van der Waals surface area contributed by atoms with E-state index in [1.165, 1.54) is 0 Å². The summed E-state index contributed by atoms with van der Waals surface area (Å²) in [7, 11) is 0. The van der Waals surface area contributed by atoms with Crippen molar-refractivity contribution in [2.24, 2.45) is 0 Å². The van der Waals surface area contributed by atoms with Crippen LogP contribution >= 0.6 is 23.4 Å². The van der Waals surface area contributed by atoms with E-state index in [0.29, 0.717) is 10.7 Å². The highest BCUT2D eigenvalue weighted by atomic mass is 35.5. The number of hydrogen-bond acceptors (Lipinski definition) is 3. The van der Waals surface area contributed by atoms with Crippen LogP contribution in [0.15, 0.2) is 41.3 Å². The van der Waals surface area contributed by atoms with E-state index in [4.69, 9.17) is 11.6 Å². The van der Waals surface area contributed by atoms with Crippen molar-refractivity contribution in [2.75, 3.05) is 11.6 Å². The second-order valence-corrected chi connectivity index (χ2v) is 5.48. The zero-order valence-electron chi connectivity index (χ0n) is 11.3. The molecular weight excluding hydrogens is 292 g/mol. The van der Waals surface area contributed by atoms with Gasteiger partial charge in [0.1, 0.15) is 5.15 Å². The first-order valence-electron chi connectivity index (χ1n) is 6.24. The van der Waals surface area contributed by atoms with E-state index in [1.807, 2.05) is 37.4 Å². The number of carbonyl (C=O) groups is 1. The van der Waals surface area contributed by atoms with Crippen LogP contribution in [0.25, 0.3) is 0 Å². The average Bonchev–Trinajstić information content (AvgIpc) is 2.46. The lowest BCUT2D eigenvalue weighted by atomic mass is 10.2.